The monoisotopic (exact) mass is 251 g/mol. The first-order valence-electron chi connectivity index (χ1n) is 3.45. The largest absolute Gasteiger partial charge is 0.397 e. The van der Waals surface area contributed by atoms with E-state index in [0.29, 0.717) is 11.0 Å². The highest BCUT2D eigenvalue weighted by Crippen LogP contribution is 2.26. The average molecular weight is 252 g/mol. The molecule has 72 valence electrons. The summed E-state index contributed by atoms with van der Waals surface area (Å²) < 4.78 is 24.4. The second-order valence-electron chi connectivity index (χ2n) is 2.43. The van der Waals surface area contributed by atoms with Crippen LogP contribution in [0.5, 0.6) is 0 Å². The molecule has 1 aromatic heterocycles. The van der Waals surface area contributed by atoms with Crippen molar-refractivity contribution in [2.75, 3.05) is 11.5 Å². The van der Waals surface area contributed by atoms with Gasteiger partial charge in [0, 0.05) is 5.33 Å². The molecule has 0 atom stereocenters. The molecule has 0 fully saturated rings. The first-order chi connectivity index (χ1) is 6.06. The maximum Gasteiger partial charge on any atom is 0.280 e. The van der Waals surface area contributed by atoms with Crippen molar-refractivity contribution in [1.29, 1.82) is 0 Å². The Morgan fingerprint density at radius 3 is 2.54 bits per heavy atom. The van der Waals surface area contributed by atoms with Crippen LogP contribution in [0, 0.1) is 0 Å². The van der Waals surface area contributed by atoms with Crippen LogP contribution in [0.4, 0.5) is 20.2 Å². The molecular weight excluding hydrogens is 244 g/mol. The SMILES string of the molecule is Nc1cc(C(F)F)nc(CBr)c1N. The molecule has 0 aliphatic rings. The first kappa shape index (κ1) is 10.2. The van der Waals surface area contributed by atoms with Gasteiger partial charge >= 0.3 is 0 Å². The van der Waals surface area contributed by atoms with Crippen molar-refractivity contribution in [2.24, 2.45) is 0 Å². The zero-order valence-electron chi connectivity index (χ0n) is 6.60. The second kappa shape index (κ2) is 3.87. The van der Waals surface area contributed by atoms with E-state index >= 15 is 0 Å². The fraction of sp³-hybridized carbons (Fsp3) is 0.286. The lowest BCUT2D eigenvalue weighted by molar-refractivity contribution is 0.146. The summed E-state index contributed by atoms with van der Waals surface area (Å²) in [5.41, 5.74) is 11.3. The summed E-state index contributed by atoms with van der Waals surface area (Å²) in [5.74, 6) is 0. The molecule has 4 N–H and O–H groups in total. The van der Waals surface area contributed by atoms with Crippen LogP contribution in [0.2, 0.25) is 0 Å². The average Bonchev–Trinajstić information content (AvgIpc) is 2.09. The molecule has 0 spiro atoms. The molecule has 0 saturated heterocycles. The van der Waals surface area contributed by atoms with Crippen molar-refractivity contribution in [2.45, 2.75) is 11.8 Å². The maximum absolute atomic E-state index is 12.2. The number of nitrogen functional groups attached to an aromatic ring is 2. The van der Waals surface area contributed by atoms with Gasteiger partial charge in [0.15, 0.2) is 0 Å². The Labute approximate surface area is 82.3 Å². The standard InChI is InChI=1S/C7H8BrF2N3/c8-2-5-6(12)3(11)1-4(13-5)7(9)10/h1,7H,2,12H2,(H2,11,13). The lowest BCUT2D eigenvalue weighted by Gasteiger charge is -2.07. The zero-order valence-corrected chi connectivity index (χ0v) is 8.18. The Morgan fingerprint density at radius 1 is 1.46 bits per heavy atom. The van der Waals surface area contributed by atoms with Crippen LogP contribution in [0.1, 0.15) is 17.8 Å². The van der Waals surface area contributed by atoms with Crippen molar-refractivity contribution in [1.82, 2.24) is 4.98 Å². The summed E-state index contributed by atoms with van der Waals surface area (Å²) in [6, 6.07) is 1.09. The third kappa shape index (κ3) is 2.06. The van der Waals surface area contributed by atoms with E-state index in [4.69, 9.17) is 11.5 Å². The molecule has 0 aliphatic carbocycles. The minimum atomic E-state index is -2.62. The quantitative estimate of drug-likeness (QED) is 0.792. The van der Waals surface area contributed by atoms with Crippen molar-refractivity contribution in [3.63, 3.8) is 0 Å². The molecule has 0 amide bonds. The Hall–Kier alpha value is -0.910. The van der Waals surface area contributed by atoms with Gasteiger partial charge in [-0.25, -0.2) is 13.8 Å². The summed E-state index contributed by atoms with van der Waals surface area (Å²) in [7, 11) is 0. The lowest BCUT2D eigenvalue weighted by atomic mass is 10.2. The summed E-state index contributed by atoms with van der Waals surface area (Å²) in [4.78, 5) is 3.65. The highest BCUT2D eigenvalue weighted by Gasteiger charge is 2.13. The van der Waals surface area contributed by atoms with E-state index in [-0.39, 0.29) is 17.1 Å². The lowest BCUT2D eigenvalue weighted by Crippen LogP contribution is -2.04. The molecule has 0 bridgehead atoms. The van der Waals surface area contributed by atoms with Crippen molar-refractivity contribution in [3.8, 4) is 0 Å². The number of halogens is 3. The Kier molecular flexibility index (Phi) is 3.02. The Morgan fingerprint density at radius 2 is 2.08 bits per heavy atom. The molecular formula is C7H8BrF2N3. The van der Waals surface area contributed by atoms with E-state index in [1.807, 2.05) is 0 Å². The Balaban J connectivity index is 3.22. The molecule has 3 nitrogen and oxygen atoms in total. The van der Waals surface area contributed by atoms with E-state index in [1.54, 1.807) is 0 Å². The molecule has 1 heterocycles. The highest BCUT2D eigenvalue weighted by atomic mass is 79.9. The van der Waals surface area contributed by atoms with Gasteiger partial charge < -0.3 is 11.5 Å². The van der Waals surface area contributed by atoms with Crippen LogP contribution in [0.25, 0.3) is 0 Å². The molecule has 1 aromatic rings. The van der Waals surface area contributed by atoms with Crippen molar-refractivity contribution >= 4 is 27.3 Å². The number of rotatable bonds is 2. The molecule has 13 heavy (non-hydrogen) atoms. The number of nitrogens with zero attached hydrogens (tertiary/aromatic N) is 1. The number of hydrogen-bond donors (Lipinski definition) is 2. The summed E-state index contributed by atoms with van der Waals surface area (Å²) >= 11 is 3.08. The molecule has 0 aliphatic heterocycles. The molecule has 1 rings (SSSR count). The van der Waals surface area contributed by atoms with Gasteiger partial charge in [0.2, 0.25) is 0 Å². The predicted octanol–water partition coefficient (Wildman–Crippen LogP) is 2.08. The van der Waals surface area contributed by atoms with Crippen LogP contribution in [0.15, 0.2) is 6.07 Å². The molecule has 0 aromatic carbocycles. The summed E-state index contributed by atoms with van der Waals surface area (Å²) in [6.45, 7) is 0. The van der Waals surface area contributed by atoms with Gasteiger partial charge in [0.25, 0.3) is 6.43 Å². The number of alkyl halides is 3. The fourth-order valence-corrected chi connectivity index (χ4v) is 1.29. The fourth-order valence-electron chi connectivity index (χ4n) is 0.866. The first-order valence-corrected chi connectivity index (χ1v) is 4.57. The van der Waals surface area contributed by atoms with Gasteiger partial charge in [-0.2, -0.15) is 0 Å². The van der Waals surface area contributed by atoms with Gasteiger partial charge in [-0.15, -0.1) is 0 Å². The van der Waals surface area contributed by atoms with Crippen LogP contribution in [-0.4, -0.2) is 4.98 Å². The minimum Gasteiger partial charge on any atom is -0.397 e. The van der Waals surface area contributed by atoms with E-state index in [9.17, 15) is 8.78 Å². The van der Waals surface area contributed by atoms with E-state index in [1.165, 1.54) is 0 Å². The van der Waals surface area contributed by atoms with Crippen molar-refractivity contribution in [3.05, 3.63) is 17.5 Å². The number of pyridine rings is 1. The normalized spacial score (nSPS) is 10.8. The smallest absolute Gasteiger partial charge is 0.280 e. The highest BCUT2D eigenvalue weighted by molar-refractivity contribution is 9.08. The van der Waals surface area contributed by atoms with Gasteiger partial charge in [-0.1, -0.05) is 15.9 Å². The molecule has 0 saturated carbocycles. The zero-order chi connectivity index (χ0) is 10.0. The number of aromatic nitrogens is 1. The van der Waals surface area contributed by atoms with Gasteiger partial charge in [0.05, 0.1) is 17.1 Å². The van der Waals surface area contributed by atoms with Crippen molar-refractivity contribution < 1.29 is 8.78 Å². The van der Waals surface area contributed by atoms with E-state index in [0.717, 1.165) is 6.07 Å². The third-order valence-corrected chi connectivity index (χ3v) is 2.07. The van der Waals surface area contributed by atoms with Gasteiger partial charge in [0.1, 0.15) is 5.69 Å². The number of anilines is 2. The molecule has 0 radical (unpaired) electrons. The van der Waals surface area contributed by atoms with E-state index in [2.05, 4.69) is 20.9 Å². The Bertz CT molecular complexity index is 317. The predicted molar refractivity (Wildman–Crippen MR) is 50.6 cm³/mol. The molecule has 0 unspecified atom stereocenters. The van der Waals surface area contributed by atoms with Gasteiger partial charge in [-0.05, 0) is 6.07 Å². The second-order valence-corrected chi connectivity index (χ2v) is 2.99. The van der Waals surface area contributed by atoms with Crippen LogP contribution in [0.3, 0.4) is 0 Å². The topological polar surface area (TPSA) is 64.9 Å². The van der Waals surface area contributed by atoms with Crippen LogP contribution < -0.4 is 11.5 Å². The minimum absolute atomic E-state index is 0.139. The maximum atomic E-state index is 12.2. The van der Waals surface area contributed by atoms with E-state index < -0.39 is 6.43 Å². The number of hydrogen-bond acceptors (Lipinski definition) is 3. The van der Waals surface area contributed by atoms with Crippen LogP contribution >= 0.6 is 15.9 Å². The summed E-state index contributed by atoms with van der Waals surface area (Å²) in [5, 5.41) is 0.309. The number of nitrogens with two attached hydrogens (primary N) is 2. The summed E-state index contributed by atoms with van der Waals surface area (Å²) in [6.07, 6.45) is -2.62. The van der Waals surface area contributed by atoms with Gasteiger partial charge in [-0.3, -0.25) is 0 Å². The molecule has 6 heteroatoms. The third-order valence-electron chi connectivity index (χ3n) is 1.54. The van der Waals surface area contributed by atoms with Crippen LogP contribution in [-0.2, 0) is 5.33 Å².